The second-order valence-corrected chi connectivity index (χ2v) is 8.21. The predicted octanol–water partition coefficient (Wildman–Crippen LogP) is 3.22. The minimum absolute atomic E-state index is 0.0845. The van der Waals surface area contributed by atoms with Crippen LogP contribution in [0.2, 0.25) is 5.02 Å². The highest BCUT2D eigenvalue weighted by molar-refractivity contribution is 6.31. The van der Waals surface area contributed by atoms with Gasteiger partial charge in [0.15, 0.2) is 0 Å². The number of hydrogen-bond acceptors (Lipinski definition) is 3. The number of H-pyrrole nitrogens is 1. The number of carbonyl (C=O) groups is 1. The van der Waals surface area contributed by atoms with Gasteiger partial charge >= 0.3 is 0 Å². The fraction of sp³-hybridized carbons (Fsp3) is 0.273. The molecule has 0 unspecified atom stereocenters. The van der Waals surface area contributed by atoms with Crippen molar-refractivity contribution in [3.05, 3.63) is 64.3 Å². The van der Waals surface area contributed by atoms with E-state index in [1.165, 1.54) is 0 Å². The van der Waals surface area contributed by atoms with Crippen LogP contribution in [-0.2, 0) is 5.60 Å². The Morgan fingerprint density at radius 1 is 1.32 bits per heavy atom. The Kier molecular flexibility index (Phi) is 3.77. The van der Waals surface area contributed by atoms with E-state index in [0.29, 0.717) is 29.0 Å². The van der Waals surface area contributed by atoms with E-state index in [2.05, 4.69) is 21.4 Å². The lowest BCUT2D eigenvalue weighted by atomic mass is 9.86. The maximum Gasteiger partial charge on any atom is 0.251 e. The molecule has 2 saturated carbocycles. The second-order valence-electron chi connectivity index (χ2n) is 7.78. The molecule has 0 spiro atoms. The summed E-state index contributed by atoms with van der Waals surface area (Å²) in [7, 11) is 0. The van der Waals surface area contributed by atoms with Gasteiger partial charge in [-0.1, -0.05) is 23.6 Å². The number of benzene rings is 2. The molecule has 0 radical (unpaired) electrons. The molecule has 1 aromatic heterocycles. The highest BCUT2D eigenvalue weighted by atomic mass is 35.5. The summed E-state index contributed by atoms with van der Waals surface area (Å²) >= 11 is 6.23. The maximum absolute atomic E-state index is 12.5. The van der Waals surface area contributed by atoms with Crippen molar-refractivity contribution in [1.29, 1.82) is 0 Å². The van der Waals surface area contributed by atoms with Gasteiger partial charge in [0.05, 0.1) is 17.3 Å². The van der Waals surface area contributed by atoms with E-state index in [1.807, 2.05) is 6.07 Å². The van der Waals surface area contributed by atoms with E-state index < -0.39 is 5.60 Å². The summed E-state index contributed by atoms with van der Waals surface area (Å²) in [6, 6.07) is 10.8. The molecule has 2 aromatic carbocycles. The number of carbonyl (C=O) groups excluding carboxylic acids is 1. The van der Waals surface area contributed by atoms with E-state index >= 15 is 0 Å². The lowest BCUT2D eigenvalue weighted by Gasteiger charge is -2.27. The predicted molar refractivity (Wildman–Crippen MR) is 107 cm³/mol. The van der Waals surface area contributed by atoms with Crippen LogP contribution in [0.15, 0.2) is 42.6 Å². The Balaban J connectivity index is 1.32. The quantitative estimate of drug-likeness (QED) is 0.600. The lowest BCUT2D eigenvalue weighted by Crippen LogP contribution is -2.33. The van der Waals surface area contributed by atoms with Crippen LogP contribution in [0.5, 0.6) is 0 Å². The molecule has 0 aliphatic heterocycles. The van der Waals surface area contributed by atoms with Crippen molar-refractivity contribution in [2.24, 2.45) is 11.8 Å². The minimum atomic E-state index is -0.951. The number of terminal acetylenes is 1. The van der Waals surface area contributed by atoms with Crippen molar-refractivity contribution in [3.8, 4) is 12.3 Å². The number of hydrogen-bond donors (Lipinski definition) is 3. The summed E-state index contributed by atoms with van der Waals surface area (Å²) in [5.74, 6) is 2.93. The molecule has 6 heteroatoms. The summed E-state index contributed by atoms with van der Waals surface area (Å²) in [5, 5.41) is 22.8. The van der Waals surface area contributed by atoms with Crippen LogP contribution in [0.3, 0.4) is 0 Å². The number of nitrogens with one attached hydrogen (secondary N) is 2. The van der Waals surface area contributed by atoms with Crippen molar-refractivity contribution in [2.75, 3.05) is 0 Å². The molecule has 3 N–H and O–H groups in total. The lowest BCUT2D eigenvalue weighted by molar-refractivity contribution is 0.0293. The number of fused-ring (bicyclic) bond motifs is 2. The van der Waals surface area contributed by atoms with Crippen LogP contribution in [0, 0.1) is 24.2 Å². The van der Waals surface area contributed by atoms with E-state index in [0.717, 1.165) is 16.5 Å². The Bertz CT molecular complexity index is 1130. The van der Waals surface area contributed by atoms with Gasteiger partial charge in [-0.15, -0.1) is 6.42 Å². The zero-order valence-electron chi connectivity index (χ0n) is 14.9. The van der Waals surface area contributed by atoms with Gasteiger partial charge in [-0.3, -0.25) is 9.89 Å². The number of nitrogens with zero attached hydrogens (tertiary/aromatic N) is 1. The van der Waals surface area contributed by atoms with Crippen LogP contribution in [0.25, 0.3) is 10.9 Å². The Morgan fingerprint density at radius 3 is 2.86 bits per heavy atom. The zero-order chi connectivity index (χ0) is 19.5. The fourth-order valence-corrected chi connectivity index (χ4v) is 4.90. The Morgan fingerprint density at radius 2 is 2.11 bits per heavy atom. The van der Waals surface area contributed by atoms with E-state index in [1.54, 1.807) is 36.5 Å². The Labute approximate surface area is 167 Å². The van der Waals surface area contributed by atoms with Gasteiger partial charge < -0.3 is 10.4 Å². The number of aliphatic hydroxyl groups is 1. The van der Waals surface area contributed by atoms with Crippen LogP contribution < -0.4 is 5.32 Å². The highest BCUT2D eigenvalue weighted by Crippen LogP contribution is 2.60. The van der Waals surface area contributed by atoms with Crippen molar-refractivity contribution in [3.63, 3.8) is 0 Å². The van der Waals surface area contributed by atoms with Gasteiger partial charge in [-0.05, 0) is 60.6 Å². The zero-order valence-corrected chi connectivity index (χ0v) is 15.7. The number of aromatic nitrogens is 2. The van der Waals surface area contributed by atoms with Crippen molar-refractivity contribution in [2.45, 2.75) is 24.5 Å². The third-order valence-electron chi connectivity index (χ3n) is 6.09. The normalized spacial score (nSPS) is 28.0. The van der Waals surface area contributed by atoms with Crippen LogP contribution in [-0.4, -0.2) is 27.3 Å². The molecule has 0 bridgehead atoms. The smallest absolute Gasteiger partial charge is 0.251 e. The van der Waals surface area contributed by atoms with Gasteiger partial charge in [-0.2, -0.15) is 5.10 Å². The molecular formula is C22H18ClN3O2. The summed E-state index contributed by atoms with van der Waals surface area (Å²) in [6.07, 6.45) is 8.31. The third kappa shape index (κ3) is 2.69. The molecule has 5 nitrogen and oxygen atoms in total. The van der Waals surface area contributed by atoms with Crippen molar-refractivity contribution >= 4 is 28.4 Å². The molecule has 4 atom stereocenters. The monoisotopic (exact) mass is 391 g/mol. The SMILES string of the molecule is C#Cc1cccc(C(=O)N[C@@H]2[C@@H]3C[C@@](O)(c4cc(Cl)cc5[nH]ncc45)C[C@@H]32)c1. The summed E-state index contributed by atoms with van der Waals surface area (Å²) < 4.78 is 0. The molecule has 1 amide bonds. The molecule has 2 aliphatic carbocycles. The largest absolute Gasteiger partial charge is 0.385 e. The molecule has 140 valence electrons. The highest BCUT2D eigenvalue weighted by Gasteiger charge is 2.62. The first-order chi connectivity index (χ1) is 13.5. The molecule has 3 aromatic rings. The number of amides is 1. The third-order valence-corrected chi connectivity index (χ3v) is 6.31. The van der Waals surface area contributed by atoms with E-state index in [-0.39, 0.29) is 23.8 Å². The molecule has 28 heavy (non-hydrogen) atoms. The molecule has 0 saturated heterocycles. The van der Waals surface area contributed by atoms with Gasteiger partial charge in [0, 0.05) is 27.6 Å². The van der Waals surface area contributed by atoms with Crippen LogP contribution in [0.1, 0.15) is 34.3 Å². The summed E-state index contributed by atoms with van der Waals surface area (Å²) in [5.41, 5.74) is 1.92. The fourth-order valence-electron chi connectivity index (χ4n) is 4.68. The first-order valence-corrected chi connectivity index (χ1v) is 9.59. The standard InChI is InChI=1S/C22H18ClN3O2/c1-2-12-4-3-5-13(6-12)21(27)25-20-15-9-22(28,10-16(15)20)18-7-14(23)8-19-17(18)11-24-26-19/h1,3-8,11,15-16,20,28H,9-10H2,(H,24,26)(H,25,27)/t15-,16+,20-,22+. The first kappa shape index (κ1) is 17.3. The molecular weight excluding hydrogens is 374 g/mol. The van der Waals surface area contributed by atoms with Gasteiger partial charge in [-0.25, -0.2) is 0 Å². The van der Waals surface area contributed by atoms with Crippen molar-refractivity contribution < 1.29 is 9.90 Å². The van der Waals surface area contributed by atoms with Gasteiger partial charge in [0.1, 0.15) is 0 Å². The molecule has 2 fully saturated rings. The van der Waals surface area contributed by atoms with Gasteiger partial charge in [0.25, 0.3) is 5.91 Å². The van der Waals surface area contributed by atoms with E-state index in [4.69, 9.17) is 18.0 Å². The molecule has 5 rings (SSSR count). The van der Waals surface area contributed by atoms with E-state index in [9.17, 15) is 9.90 Å². The summed E-state index contributed by atoms with van der Waals surface area (Å²) in [6.45, 7) is 0. The van der Waals surface area contributed by atoms with Crippen LogP contribution in [0.4, 0.5) is 0 Å². The number of aromatic amines is 1. The van der Waals surface area contributed by atoms with Crippen LogP contribution >= 0.6 is 11.6 Å². The minimum Gasteiger partial charge on any atom is -0.385 e. The second kappa shape index (κ2) is 6.10. The maximum atomic E-state index is 12.5. The summed E-state index contributed by atoms with van der Waals surface area (Å²) in [4.78, 5) is 12.5. The average molecular weight is 392 g/mol. The molecule has 1 heterocycles. The topological polar surface area (TPSA) is 78.0 Å². The Hall–Kier alpha value is -2.81. The number of halogens is 1. The number of rotatable bonds is 3. The first-order valence-electron chi connectivity index (χ1n) is 9.21. The van der Waals surface area contributed by atoms with Crippen molar-refractivity contribution in [1.82, 2.24) is 15.5 Å². The van der Waals surface area contributed by atoms with Gasteiger partial charge in [0.2, 0.25) is 0 Å². The molecule has 2 aliphatic rings. The average Bonchev–Trinajstić information content (AvgIpc) is 3.06.